The fourth-order valence-corrected chi connectivity index (χ4v) is 1.37. The van der Waals surface area contributed by atoms with Crippen molar-refractivity contribution < 1.29 is 19.8 Å². The van der Waals surface area contributed by atoms with E-state index in [1.807, 2.05) is 30.3 Å². The van der Waals surface area contributed by atoms with Crippen molar-refractivity contribution in [2.45, 2.75) is 12.8 Å². The summed E-state index contributed by atoms with van der Waals surface area (Å²) in [6.45, 7) is 0. The Balaban J connectivity index is 2.63. The second kappa shape index (κ2) is 6.48. The van der Waals surface area contributed by atoms with Gasteiger partial charge in [0.1, 0.15) is 0 Å². The van der Waals surface area contributed by atoms with Crippen LogP contribution in [0.25, 0.3) is 6.08 Å². The van der Waals surface area contributed by atoms with Crippen LogP contribution in [0.1, 0.15) is 18.4 Å². The molecule has 0 radical (unpaired) electrons. The van der Waals surface area contributed by atoms with Crippen molar-refractivity contribution >= 4 is 18.0 Å². The highest BCUT2D eigenvalue weighted by molar-refractivity contribution is 5.75. The van der Waals surface area contributed by atoms with E-state index in [1.165, 1.54) is 6.08 Å². The molecule has 0 fully saturated rings. The average Bonchev–Trinajstić information content (AvgIpc) is 2.29. The molecule has 17 heavy (non-hydrogen) atoms. The summed E-state index contributed by atoms with van der Waals surface area (Å²) in [4.78, 5) is 21.3. The maximum atomic E-state index is 10.9. The number of aliphatic carboxylic acids is 2. The smallest absolute Gasteiger partial charge is 0.310 e. The van der Waals surface area contributed by atoms with E-state index in [4.69, 9.17) is 10.2 Å². The predicted octanol–water partition coefficient (Wildman–Crippen LogP) is 2.27. The summed E-state index contributed by atoms with van der Waals surface area (Å²) in [6, 6.07) is 9.29. The quantitative estimate of drug-likeness (QED) is 0.791. The number of hydrogen-bond acceptors (Lipinski definition) is 2. The third kappa shape index (κ3) is 4.97. The molecule has 0 aliphatic carbocycles. The molecule has 0 amide bonds. The largest absolute Gasteiger partial charge is 0.481 e. The van der Waals surface area contributed by atoms with Gasteiger partial charge in [0, 0.05) is 6.42 Å². The third-order valence-corrected chi connectivity index (χ3v) is 2.31. The number of hydrogen-bond donors (Lipinski definition) is 2. The zero-order valence-corrected chi connectivity index (χ0v) is 9.24. The Kier molecular flexibility index (Phi) is 4.94. The zero-order valence-electron chi connectivity index (χ0n) is 9.24. The fraction of sp³-hybridized carbons (Fsp3) is 0.231. The van der Waals surface area contributed by atoms with Crippen LogP contribution >= 0.6 is 0 Å². The zero-order chi connectivity index (χ0) is 12.7. The van der Waals surface area contributed by atoms with Gasteiger partial charge in [0.05, 0.1) is 5.92 Å². The highest BCUT2D eigenvalue weighted by atomic mass is 16.4. The highest BCUT2D eigenvalue weighted by Gasteiger charge is 2.14. The Hall–Kier alpha value is -2.10. The van der Waals surface area contributed by atoms with Crippen molar-refractivity contribution in [2.24, 2.45) is 5.92 Å². The first-order valence-electron chi connectivity index (χ1n) is 5.27. The Morgan fingerprint density at radius 2 is 1.82 bits per heavy atom. The van der Waals surface area contributed by atoms with Crippen molar-refractivity contribution in [3.05, 3.63) is 42.0 Å². The molecule has 4 heteroatoms. The van der Waals surface area contributed by atoms with Crippen LogP contribution < -0.4 is 0 Å². The third-order valence-electron chi connectivity index (χ3n) is 2.31. The first kappa shape index (κ1) is 13.0. The van der Waals surface area contributed by atoms with Gasteiger partial charge in [-0.05, 0) is 12.0 Å². The van der Waals surface area contributed by atoms with Gasteiger partial charge in [0.2, 0.25) is 0 Å². The highest BCUT2D eigenvalue weighted by Crippen LogP contribution is 2.11. The van der Waals surface area contributed by atoms with E-state index in [0.29, 0.717) is 0 Å². The number of carboxylic acids is 2. The molecule has 1 aromatic rings. The molecule has 1 atom stereocenters. The van der Waals surface area contributed by atoms with Gasteiger partial charge in [0.15, 0.2) is 0 Å². The number of carboxylic acid groups (broad SMARTS) is 2. The van der Waals surface area contributed by atoms with Crippen LogP contribution in [0.4, 0.5) is 0 Å². The Bertz CT molecular complexity index is 409. The van der Waals surface area contributed by atoms with Gasteiger partial charge in [-0.3, -0.25) is 9.59 Å². The molecule has 1 aromatic carbocycles. The van der Waals surface area contributed by atoms with E-state index in [0.717, 1.165) is 5.56 Å². The van der Waals surface area contributed by atoms with Crippen LogP contribution in [0.15, 0.2) is 36.4 Å². The maximum absolute atomic E-state index is 10.9. The van der Waals surface area contributed by atoms with Gasteiger partial charge in [-0.1, -0.05) is 42.5 Å². The predicted molar refractivity (Wildman–Crippen MR) is 63.5 cm³/mol. The number of rotatable bonds is 6. The summed E-state index contributed by atoms with van der Waals surface area (Å²) in [7, 11) is 0. The summed E-state index contributed by atoms with van der Waals surface area (Å²) in [5.74, 6) is -2.74. The Labute approximate surface area is 99.2 Å². The molecule has 2 N–H and O–H groups in total. The van der Waals surface area contributed by atoms with Gasteiger partial charge < -0.3 is 10.2 Å². The summed E-state index contributed by atoms with van der Waals surface area (Å²) < 4.78 is 0. The molecule has 0 aliphatic rings. The molecule has 0 saturated carbocycles. The second-order valence-electron chi connectivity index (χ2n) is 3.65. The molecule has 90 valence electrons. The summed E-state index contributed by atoms with van der Waals surface area (Å²) in [6.07, 6.45) is 3.19. The first-order valence-corrected chi connectivity index (χ1v) is 5.27. The molecule has 0 heterocycles. The summed E-state index contributed by atoms with van der Waals surface area (Å²) in [5.41, 5.74) is 0.897. The van der Waals surface area contributed by atoms with Crippen molar-refractivity contribution in [3.8, 4) is 0 Å². The van der Waals surface area contributed by atoms with E-state index >= 15 is 0 Å². The molecule has 0 spiro atoms. The molecule has 1 unspecified atom stereocenters. The average molecular weight is 234 g/mol. The monoisotopic (exact) mass is 234 g/mol. The lowest BCUT2D eigenvalue weighted by atomic mass is 10.0. The molecular weight excluding hydrogens is 220 g/mol. The minimum absolute atomic E-state index is 0.105. The number of carbonyl (C=O) groups is 2. The topological polar surface area (TPSA) is 74.6 Å². The van der Waals surface area contributed by atoms with E-state index in [9.17, 15) is 9.59 Å². The van der Waals surface area contributed by atoms with E-state index < -0.39 is 17.9 Å². The number of benzene rings is 1. The fourth-order valence-electron chi connectivity index (χ4n) is 1.37. The van der Waals surface area contributed by atoms with Crippen LogP contribution in [0.5, 0.6) is 0 Å². The Morgan fingerprint density at radius 1 is 1.18 bits per heavy atom. The van der Waals surface area contributed by atoms with Crippen molar-refractivity contribution in [2.75, 3.05) is 0 Å². The molecule has 0 saturated heterocycles. The first-order chi connectivity index (χ1) is 8.09. The van der Waals surface area contributed by atoms with Crippen LogP contribution in [0.3, 0.4) is 0 Å². The van der Waals surface area contributed by atoms with E-state index in [-0.39, 0.29) is 12.8 Å². The normalized spacial score (nSPS) is 12.5. The molecular formula is C13H14O4. The van der Waals surface area contributed by atoms with Crippen LogP contribution in [-0.4, -0.2) is 22.2 Å². The molecule has 0 aromatic heterocycles. The lowest BCUT2D eigenvalue weighted by molar-refractivity contribution is -0.141. The standard InChI is InChI=1S/C13H14O4/c14-12(15)9-8-11(13(16)17)7-6-10-4-2-1-3-5-10/h1-7,11H,8-9H2,(H,14,15)(H,16,17). The van der Waals surface area contributed by atoms with Gasteiger partial charge in [-0.15, -0.1) is 0 Å². The van der Waals surface area contributed by atoms with E-state index in [1.54, 1.807) is 6.08 Å². The lowest BCUT2D eigenvalue weighted by Crippen LogP contribution is -2.12. The van der Waals surface area contributed by atoms with Gasteiger partial charge in [-0.2, -0.15) is 0 Å². The SMILES string of the molecule is O=C(O)CCC(C=Cc1ccccc1)C(=O)O. The van der Waals surface area contributed by atoms with Gasteiger partial charge in [0.25, 0.3) is 0 Å². The maximum Gasteiger partial charge on any atom is 0.310 e. The van der Waals surface area contributed by atoms with Crippen molar-refractivity contribution in [1.82, 2.24) is 0 Å². The van der Waals surface area contributed by atoms with Gasteiger partial charge >= 0.3 is 11.9 Å². The molecule has 4 nitrogen and oxygen atoms in total. The van der Waals surface area contributed by atoms with Gasteiger partial charge in [-0.25, -0.2) is 0 Å². The molecule has 0 aliphatic heterocycles. The van der Waals surface area contributed by atoms with Crippen LogP contribution in [0.2, 0.25) is 0 Å². The molecule has 1 rings (SSSR count). The lowest BCUT2D eigenvalue weighted by Gasteiger charge is -2.04. The van der Waals surface area contributed by atoms with E-state index in [2.05, 4.69) is 0 Å². The van der Waals surface area contributed by atoms with Crippen LogP contribution in [-0.2, 0) is 9.59 Å². The Morgan fingerprint density at radius 3 is 2.35 bits per heavy atom. The second-order valence-corrected chi connectivity index (χ2v) is 3.65. The summed E-state index contributed by atoms with van der Waals surface area (Å²) >= 11 is 0. The summed E-state index contributed by atoms with van der Waals surface area (Å²) in [5, 5.41) is 17.4. The molecule has 0 bridgehead atoms. The minimum atomic E-state index is -1.00. The van der Waals surface area contributed by atoms with Crippen molar-refractivity contribution in [1.29, 1.82) is 0 Å². The van der Waals surface area contributed by atoms with Crippen molar-refractivity contribution in [3.63, 3.8) is 0 Å². The minimum Gasteiger partial charge on any atom is -0.481 e. The van der Waals surface area contributed by atoms with Crippen LogP contribution in [0, 0.1) is 5.92 Å².